The second-order valence-corrected chi connectivity index (χ2v) is 9.82. The van der Waals surface area contributed by atoms with Crippen LogP contribution in [-0.4, -0.2) is 95.4 Å². The van der Waals surface area contributed by atoms with Gasteiger partial charge in [-0.2, -0.15) is 0 Å². The van der Waals surface area contributed by atoms with Gasteiger partial charge in [0.25, 0.3) is 0 Å². The maximum atomic E-state index is 12.8. The third kappa shape index (κ3) is 6.05. The number of aromatic nitrogens is 2. The Hall–Kier alpha value is -3.70. The minimum atomic E-state index is -2.14. The molecule has 38 heavy (non-hydrogen) atoms. The van der Waals surface area contributed by atoms with Crippen molar-refractivity contribution in [1.82, 2.24) is 19.8 Å². The van der Waals surface area contributed by atoms with E-state index in [0.29, 0.717) is 23.6 Å². The Bertz CT molecular complexity index is 1320. The zero-order valence-corrected chi connectivity index (χ0v) is 22.0. The number of carbonyl (C=O) groups is 2. The van der Waals surface area contributed by atoms with Crippen molar-refractivity contribution in [1.29, 1.82) is 0 Å². The lowest BCUT2D eigenvalue weighted by atomic mass is 10.1. The second kappa shape index (κ2) is 11.8. The van der Waals surface area contributed by atoms with Crippen molar-refractivity contribution in [3.8, 4) is 11.5 Å². The lowest BCUT2D eigenvalue weighted by Gasteiger charge is -2.17. The Morgan fingerprint density at radius 2 is 1.13 bits per heavy atom. The van der Waals surface area contributed by atoms with Crippen LogP contribution in [0.3, 0.4) is 0 Å². The molecule has 2 atom stereocenters. The van der Waals surface area contributed by atoms with Gasteiger partial charge >= 0.3 is 11.9 Å². The quantitative estimate of drug-likeness (QED) is 0.174. The molecule has 4 rings (SSSR count). The van der Waals surface area contributed by atoms with E-state index in [1.54, 1.807) is 24.3 Å². The summed E-state index contributed by atoms with van der Waals surface area (Å²) in [5, 5.41) is 22.4. The van der Waals surface area contributed by atoms with Crippen molar-refractivity contribution < 1.29 is 29.3 Å². The first-order valence-corrected chi connectivity index (χ1v) is 12.4. The largest absolute Gasteiger partial charge is 0.424 e. The number of aliphatic hydroxyl groups is 2. The molecule has 0 aliphatic carbocycles. The number of nitrogens with one attached hydrogen (secondary N) is 2. The number of H-pyrrole nitrogens is 2. The third-order valence-electron chi connectivity index (χ3n) is 6.36. The highest BCUT2D eigenvalue weighted by Gasteiger charge is 2.34. The summed E-state index contributed by atoms with van der Waals surface area (Å²) in [5.74, 6) is -1.86. The normalized spacial score (nSPS) is 13.4. The average Bonchev–Trinajstić information content (AvgIpc) is 3.50. The lowest BCUT2D eigenvalue weighted by molar-refractivity contribution is -0.162. The maximum absolute atomic E-state index is 12.8. The van der Waals surface area contributed by atoms with Crippen molar-refractivity contribution in [2.75, 3.05) is 41.3 Å². The Balaban J connectivity index is 1.48. The predicted molar refractivity (Wildman–Crippen MR) is 144 cm³/mol. The Morgan fingerprint density at radius 3 is 1.50 bits per heavy atom. The van der Waals surface area contributed by atoms with E-state index in [2.05, 4.69) is 9.97 Å². The Kier molecular flexibility index (Phi) is 8.48. The monoisotopic (exact) mass is 522 g/mol. The fraction of sp³-hybridized carbons (Fsp3) is 0.357. The van der Waals surface area contributed by atoms with Crippen LogP contribution >= 0.6 is 0 Å². The fourth-order valence-corrected chi connectivity index (χ4v) is 4.29. The number of hydrogen-bond donors (Lipinski definition) is 4. The molecule has 10 heteroatoms. The first kappa shape index (κ1) is 27.3. The van der Waals surface area contributed by atoms with Gasteiger partial charge in [0.1, 0.15) is 11.5 Å². The highest BCUT2D eigenvalue weighted by atomic mass is 16.6. The van der Waals surface area contributed by atoms with Gasteiger partial charge in [0.2, 0.25) is 0 Å². The summed E-state index contributed by atoms with van der Waals surface area (Å²) in [5.41, 5.74) is 3.42. The predicted octanol–water partition coefficient (Wildman–Crippen LogP) is 2.09. The number of fused-ring (bicyclic) bond motifs is 2. The zero-order chi connectivity index (χ0) is 27.4. The van der Waals surface area contributed by atoms with E-state index in [1.807, 2.05) is 62.5 Å². The number of carbonyl (C=O) groups excluding carboxylic acids is 2. The molecule has 0 amide bonds. The van der Waals surface area contributed by atoms with Gasteiger partial charge in [0.05, 0.1) is 0 Å². The summed E-state index contributed by atoms with van der Waals surface area (Å²) in [6.45, 7) is 1.57. The SMILES string of the molecule is CN(C)CCc1c[nH]c2cccc(OC(=O)C(O)C(O)C(=O)Oc3cccc4[nH]cc(CCN(C)C)c34)c12. The molecule has 4 N–H and O–H groups in total. The molecule has 0 saturated heterocycles. The second-order valence-electron chi connectivity index (χ2n) is 9.82. The van der Waals surface area contributed by atoms with Crippen molar-refractivity contribution in [3.63, 3.8) is 0 Å². The number of ether oxygens (including phenoxy) is 2. The molecule has 2 unspecified atom stereocenters. The number of benzene rings is 2. The highest BCUT2D eigenvalue weighted by Crippen LogP contribution is 2.31. The average molecular weight is 523 g/mol. The molecule has 202 valence electrons. The molecule has 0 radical (unpaired) electrons. The van der Waals surface area contributed by atoms with Gasteiger partial charge in [-0.3, -0.25) is 0 Å². The van der Waals surface area contributed by atoms with E-state index in [1.165, 1.54) is 0 Å². The number of esters is 2. The number of likely N-dealkylation sites (N-methyl/N-ethyl adjacent to an activating group) is 2. The molecule has 2 aromatic carbocycles. The summed E-state index contributed by atoms with van der Waals surface area (Å²) in [4.78, 5) is 35.9. The number of aliphatic hydroxyl groups excluding tert-OH is 2. The van der Waals surface area contributed by atoms with Crippen LogP contribution in [0.2, 0.25) is 0 Å². The van der Waals surface area contributed by atoms with Gasteiger partial charge in [0.15, 0.2) is 12.2 Å². The first-order chi connectivity index (χ1) is 18.2. The first-order valence-electron chi connectivity index (χ1n) is 12.4. The number of rotatable bonds is 11. The van der Waals surface area contributed by atoms with Crippen molar-refractivity contribution in [3.05, 3.63) is 59.9 Å². The van der Waals surface area contributed by atoms with Gasteiger partial charge in [-0.15, -0.1) is 0 Å². The summed E-state index contributed by atoms with van der Waals surface area (Å²) >= 11 is 0. The van der Waals surface area contributed by atoms with Crippen molar-refractivity contribution >= 4 is 33.7 Å². The van der Waals surface area contributed by atoms with E-state index >= 15 is 0 Å². The van der Waals surface area contributed by atoms with Crippen LogP contribution in [0.4, 0.5) is 0 Å². The summed E-state index contributed by atoms with van der Waals surface area (Å²) < 4.78 is 10.9. The molecular weight excluding hydrogens is 488 g/mol. The molecule has 10 nitrogen and oxygen atoms in total. The zero-order valence-electron chi connectivity index (χ0n) is 22.0. The minimum absolute atomic E-state index is 0.227. The van der Waals surface area contributed by atoms with E-state index < -0.39 is 24.1 Å². The van der Waals surface area contributed by atoms with Crippen LogP contribution in [0, 0.1) is 0 Å². The van der Waals surface area contributed by atoms with Crippen LogP contribution in [0.5, 0.6) is 11.5 Å². The number of hydrogen-bond acceptors (Lipinski definition) is 8. The van der Waals surface area contributed by atoms with Gasteiger partial charge in [-0.05, 0) is 76.4 Å². The molecule has 0 fully saturated rings. The van der Waals surface area contributed by atoms with Crippen LogP contribution in [0.25, 0.3) is 21.8 Å². The van der Waals surface area contributed by atoms with E-state index in [9.17, 15) is 19.8 Å². The third-order valence-corrected chi connectivity index (χ3v) is 6.36. The number of aromatic amines is 2. The van der Waals surface area contributed by atoms with E-state index in [0.717, 1.165) is 35.2 Å². The Labute approximate surface area is 220 Å². The Morgan fingerprint density at radius 1 is 0.737 bits per heavy atom. The molecule has 4 aromatic rings. The van der Waals surface area contributed by atoms with Crippen LogP contribution in [-0.2, 0) is 22.4 Å². The smallest absolute Gasteiger partial charge is 0.343 e. The van der Waals surface area contributed by atoms with Gasteiger partial charge in [0, 0.05) is 47.3 Å². The van der Waals surface area contributed by atoms with E-state index in [4.69, 9.17) is 9.47 Å². The maximum Gasteiger partial charge on any atom is 0.343 e. The highest BCUT2D eigenvalue weighted by molar-refractivity contribution is 5.95. The summed E-state index contributed by atoms with van der Waals surface area (Å²) in [6.07, 6.45) is 0.840. The number of nitrogens with zero attached hydrogens (tertiary/aromatic N) is 2. The van der Waals surface area contributed by atoms with Gasteiger partial charge in [-0.1, -0.05) is 12.1 Å². The molecule has 0 aliphatic rings. The van der Waals surface area contributed by atoms with Crippen LogP contribution in [0.1, 0.15) is 11.1 Å². The molecule has 0 bridgehead atoms. The summed E-state index contributed by atoms with van der Waals surface area (Å²) in [6, 6.07) is 10.3. The van der Waals surface area contributed by atoms with Gasteiger partial charge < -0.3 is 39.5 Å². The lowest BCUT2D eigenvalue weighted by Crippen LogP contribution is -2.43. The molecule has 0 aliphatic heterocycles. The fourth-order valence-electron chi connectivity index (χ4n) is 4.29. The molecule has 2 heterocycles. The van der Waals surface area contributed by atoms with Crippen LogP contribution in [0.15, 0.2) is 48.8 Å². The van der Waals surface area contributed by atoms with Crippen LogP contribution < -0.4 is 9.47 Å². The van der Waals surface area contributed by atoms with Gasteiger partial charge in [-0.25, -0.2) is 9.59 Å². The molecule has 0 spiro atoms. The molecular formula is C28H34N4O6. The minimum Gasteiger partial charge on any atom is -0.424 e. The molecule has 0 saturated carbocycles. The van der Waals surface area contributed by atoms with Crippen molar-refractivity contribution in [2.24, 2.45) is 0 Å². The topological polar surface area (TPSA) is 131 Å². The molecule has 2 aromatic heterocycles. The standard InChI is InChI=1S/C28H34N4O6/c1-31(2)13-11-17-15-29-19-7-5-9-21(23(17)19)37-27(35)25(33)26(34)28(36)38-22-10-6-8-20-24(22)18(16-30-20)12-14-32(3)4/h5-10,15-16,25-26,29-30,33-34H,11-14H2,1-4H3. The van der Waals surface area contributed by atoms with Crippen molar-refractivity contribution in [2.45, 2.75) is 25.0 Å². The van der Waals surface area contributed by atoms with E-state index in [-0.39, 0.29) is 11.5 Å². The summed E-state index contributed by atoms with van der Waals surface area (Å²) in [7, 11) is 7.86.